The third-order valence-corrected chi connectivity index (χ3v) is 3.02. The molecule has 1 N–H and O–H groups in total. The van der Waals surface area contributed by atoms with Gasteiger partial charge in [-0.25, -0.2) is 0 Å². The molecule has 0 amide bonds. The molecular weight excluding hydrogens is 150 g/mol. The fraction of sp³-hybridized carbons (Fsp3) is 1.00. The van der Waals surface area contributed by atoms with Crippen molar-refractivity contribution in [1.82, 2.24) is 5.32 Å². The molecule has 70 valence electrons. The van der Waals surface area contributed by atoms with Gasteiger partial charge in [0.1, 0.15) is 0 Å². The molecule has 0 saturated heterocycles. The van der Waals surface area contributed by atoms with E-state index in [1.165, 1.54) is 38.5 Å². The van der Waals surface area contributed by atoms with Gasteiger partial charge in [0.25, 0.3) is 0 Å². The molecule has 0 aromatic carbocycles. The highest BCUT2D eigenvalue weighted by Gasteiger charge is 2.38. The number of hydrogen-bond donors (Lipinski definition) is 1. The third-order valence-electron chi connectivity index (χ3n) is 3.02. The standard InChI is InChI=1S/C10H19NO/c1-11-9-7-10(9)12-8-5-3-2-4-6-8/h8-11H,2-7H2,1H3/t9-,10-/m1/s1. The minimum Gasteiger partial charge on any atom is -0.373 e. The molecule has 2 nitrogen and oxygen atoms in total. The van der Waals surface area contributed by atoms with E-state index >= 15 is 0 Å². The van der Waals surface area contributed by atoms with E-state index < -0.39 is 0 Å². The molecule has 12 heavy (non-hydrogen) atoms. The normalized spacial score (nSPS) is 36.8. The van der Waals surface area contributed by atoms with Gasteiger partial charge in [-0.1, -0.05) is 19.3 Å². The SMILES string of the molecule is CN[C@@H]1C[C@H]1OC1CCCCC1. The van der Waals surface area contributed by atoms with Gasteiger partial charge in [0.2, 0.25) is 0 Å². The highest BCUT2D eigenvalue weighted by Crippen LogP contribution is 2.30. The molecule has 0 heterocycles. The Hall–Kier alpha value is -0.0800. The smallest absolute Gasteiger partial charge is 0.0748 e. The summed E-state index contributed by atoms with van der Waals surface area (Å²) >= 11 is 0. The van der Waals surface area contributed by atoms with Crippen LogP contribution in [0.1, 0.15) is 38.5 Å². The quantitative estimate of drug-likeness (QED) is 0.694. The summed E-state index contributed by atoms with van der Waals surface area (Å²) in [6, 6.07) is 0.659. The van der Waals surface area contributed by atoms with Crippen LogP contribution in [-0.4, -0.2) is 25.3 Å². The lowest BCUT2D eigenvalue weighted by Gasteiger charge is -2.22. The highest BCUT2D eigenvalue weighted by atomic mass is 16.5. The predicted molar refractivity (Wildman–Crippen MR) is 49.2 cm³/mol. The summed E-state index contributed by atoms with van der Waals surface area (Å²) in [4.78, 5) is 0. The number of rotatable bonds is 3. The lowest BCUT2D eigenvalue weighted by Crippen LogP contribution is -2.22. The first kappa shape index (κ1) is 8.52. The van der Waals surface area contributed by atoms with Crippen molar-refractivity contribution in [3.05, 3.63) is 0 Å². The average molecular weight is 169 g/mol. The molecule has 0 aliphatic heterocycles. The summed E-state index contributed by atoms with van der Waals surface area (Å²) in [7, 11) is 2.02. The van der Waals surface area contributed by atoms with Crippen molar-refractivity contribution in [2.24, 2.45) is 0 Å². The fourth-order valence-electron chi connectivity index (χ4n) is 2.07. The molecule has 0 unspecified atom stereocenters. The van der Waals surface area contributed by atoms with Gasteiger partial charge >= 0.3 is 0 Å². The summed E-state index contributed by atoms with van der Waals surface area (Å²) in [5.41, 5.74) is 0. The first-order valence-corrected chi connectivity index (χ1v) is 5.23. The monoisotopic (exact) mass is 169 g/mol. The first-order chi connectivity index (χ1) is 5.90. The summed E-state index contributed by atoms with van der Waals surface area (Å²) < 4.78 is 5.94. The Morgan fingerprint density at radius 2 is 1.92 bits per heavy atom. The third kappa shape index (κ3) is 1.99. The van der Waals surface area contributed by atoms with E-state index in [2.05, 4.69) is 5.32 Å². The summed E-state index contributed by atoms with van der Waals surface area (Å²) in [6.45, 7) is 0. The Morgan fingerprint density at radius 1 is 1.17 bits per heavy atom. The lowest BCUT2D eigenvalue weighted by molar-refractivity contribution is 0.0128. The van der Waals surface area contributed by atoms with Crippen molar-refractivity contribution in [2.75, 3.05) is 7.05 Å². The molecule has 2 atom stereocenters. The van der Waals surface area contributed by atoms with Crippen LogP contribution in [0.4, 0.5) is 0 Å². The zero-order valence-corrected chi connectivity index (χ0v) is 7.88. The van der Waals surface area contributed by atoms with E-state index in [1.54, 1.807) is 0 Å². The second-order valence-electron chi connectivity index (χ2n) is 4.07. The summed E-state index contributed by atoms with van der Waals surface area (Å²) in [5, 5.41) is 3.25. The van der Waals surface area contributed by atoms with Crippen molar-refractivity contribution in [3.8, 4) is 0 Å². The Kier molecular flexibility index (Phi) is 2.66. The maximum Gasteiger partial charge on any atom is 0.0748 e. The number of ether oxygens (including phenoxy) is 1. The van der Waals surface area contributed by atoms with Crippen LogP contribution in [0.25, 0.3) is 0 Å². The van der Waals surface area contributed by atoms with Crippen molar-refractivity contribution < 1.29 is 4.74 Å². The van der Waals surface area contributed by atoms with E-state index in [9.17, 15) is 0 Å². The average Bonchev–Trinajstić information content (AvgIpc) is 2.85. The van der Waals surface area contributed by atoms with Crippen LogP contribution in [0, 0.1) is 0 Å². The van der Waals surface area contributed by atoms with Crippen LogP contribution < -0.4 is 5.32 Å². The maximum atomic E-state index is 5.94. The van der Waals surface area contributed by atoms with Crippen LogP contribution in [0.5, 0.6) is 0 Å². The van der Waals surface area contributed by atoms with Gasteiger partial charge in [0, 0.05) is 6.04 Å². The first-order valence-electron chi connectivity index (χ1n) is 5.23. The molecule has 2 rings (SSSR count). The number of hydrogen-bond acceptors (Lipinski definition) is 2. The van der Waals surface area contributed by atoms with Gasteiger partial charge in [-0.15, -0.1) is 0 Å². The van der Waals surface area contributed by atoms with Gasteiger partial charge in [-0.2, -0.15) is 0 Å². The topological polar surface area (TPSA) is 21.3 Å². The Balaban J connectivity index is 1.66. The van der Waals surface area contributed by atoms with Crippen molar-refractivity contribution in [1.29, 1.82) is 0 Å². The van der Waals surface area contributed by atoms with Crippen molar-refractivity contribution in [2.45, 2.75) is 56.8 Å². The molecule has 0 bridgehead atoms. The zero-order chi connectivity index (χ0) is 8.39. The van der Waals surface area contributed by atoms with Crippen LogP contribution in [0.3, 0.4) is 0 Å². The molecule has 2 aliphatic carbocycles. The molecular formula is C10H19NO. The lowest BCUT2D eigenvalue weighted by atomic mass is 9.98. The summed E-state index contributed by atoms with van der Waals surface area (Å²) in [5.74, 6) is 0. The fourth-order valence-corrected chi connectivity index (χ4v) is 2.07. The van der Waals surface area contributed by atoms with Crippen molar-refractivity contribution in [3.63, 3.8) is 0 Å². The van der Waals surface area contributed by atoms with Crippen LogP contribution in [0.15, 0.2) is 0 Å². The minimum atomic E-state index is 0.540. The molecule has 2 fully saturated rings. The van der Waals surface area contributed by atoms with E-state index in [0.29, 0.717) is 18.2 Å². The Labute approximate surface area is 74.7 Å². The minimum absolute atomic E-state index is 0.540. The van der Waals surface area contributed by atoms with Crippen LogP contribution in [-0.2, 0) is 4.74 Å². The predicted octanol–water partition coefficient (Wildman–Crippen LogP) is 1.70. The van der Waals surface area contributed by atoms with E-state index in [0.717, 1.165) is 0 Å². The molecule has 2 saturated carbocycles. The molecule has 0 aromatic heterocycles. The van der Waals surface area contributed by atoms with Crippen LogP contribution in [0.2, 0.25) is 0 Å². The second-order valence-corrected chi connectivity index (χ2v) is 4.07. The molecule has 0 radical (unpaired) electrons. The summed E-state index contributed by atoms with van der Waals surface area (Å²) in [6.07, 6.45) is 9.12. The maximum absolute atomic E-state index is 5.94. The Bertz CT molecular complexity index is 143. The van der Waals surface area contributed by atoms with Gasteiger partial charge < -0.3 is 10.1 Å². The van der Waals surface area contributed by atoms with Gasteiger partial charge in [0.05, 0.1) is 12.2 Å². The molecule has 2 heteroatoms. The number of likely N-dealkylation sites (N-methyl/N-ethyl adjacent to an activating group) is 1. The van der Waals surface area contributed by atoms with Gasteiger partial charge in [0.15, 0.2) is 0 Å². The molecule has 2 aliphatic rings. The van der Waals surface area contributed by atoms with Gasteiger partial charge in [-0.3, -0.25) is 0 Å². The largest absolute Gasteiger partial charge is 0.373 e. The Morgan fingerprint density at radius 3 is 2.50 bits per heavy atom. The highest BCUT2D eigenvalue weighted by molar-refractivity contribution is 4.94. The van der Waals surface area contributed by atoms with E-state index in [1.807, 2.05) is 7.05 Å². The second kappa shape index (κ2) is 3.75. The van der Waals surface area contributed by atoms with E-state index in [-0.39, 0.29) is 0 Å². The van der Waals surface area contributed by atoms with E-state index in [4.69, 9.17) is 4.74 Å². The molecule has 0 spiro atoms. The zero-order valence-electron chi connectivity index (χ0n) is 7.88. The van der Waals surface area contributed by atoms with Gasteiger partial charge in [-0.05, 0) is 26.3 Å². The van der Waals surface area contributed by atoms with Crippen molar-refractivity contribution >= 4 is 0 Å². The number of nitrogens with one attached hydrogen (secondary N) is 1. The van der Waals surface area contributed by atoms with Crippen LogP contribution >= 0.6 is 0 Å². The molecule has 0 aromatic rings.